The van der Waals surface area contributed by atoms with E-state index in [-0.39, 0.29) is 0 Å². The fraction of sp³-hybridized carbons (Fsp3) is 0.265. The Labute approximate surface area is 644 Å². The first-order valence-electron chi connectivity index (χ1n) is 39.5. The number of hydrogen-bond donors (Lipinski definition) is 0. The molecule has 0 saturated heterocycles. The van der Waals surface area contributed by atoms with E-state index in [1.165, 1.54) is 189 Å². The average molecular weight is 1410 g/mol. The number of rotatable bonds is 7. The minimum Gasteiger partial charge on any atom is -0.194 e. The van der Waals surface area contributed by atoms with Crippen LogP contribution in [-0.4, -0.2) is 0 Å². The van der Waals surface area contributed by atoms with Crippen LogP contribution in [0.2, 0.25) is 0 Å². The first-order chi connectivity index (χ1) is 52.1. The van der Waals surface area contributed by atoms with Gasteiger partial charge in [-0.15, -0.1) is 0 Å². The van der Waals surface area contributed by atoms with Crippen LogP contribution in [0.25, 0.3) is 111 Å². The molecule has 0 atom stereocenters. The zero-order valence-corrected chi connectivity index (χ0v) is 68.3. The van der Waals surface area contributed by atoms with Crippen LogP contribution >= 0.6 is 0 Å². The number of pyridine rings is 5. The van der Waals surface area contributed by atoms with Gasteiger partial charge in [-0.2, -0.15) is 22.8 Å². The van der Waals surface area contributed by atoms with Crippen molar-refractivity contribution in [3.63, 3.8) is 0 Å². The van der Waals surface area contributed by atoms with Gasteiger partial charge in [0.2, 0.25) is 56.1 Å². The molecular formula is C102H114N5+5. The summed E-state index contributed by atoms with van der Waals surface area (Å²) in [5, 5.41) is 6.58. The van der Waals surface area contributed by atoms with Crippen molar-refractivity contribution in [1.82, 2.24) is 0 Å². The number of nitrogens with zero attached hydrogens (tertiary/aromatic N) is 5. The zero-order valence-electron chi connectivity index (χ0n) is 71.3. The van der Waals surface area contributed by atoms with Crippen LogP contribution in [0.15, 0.2) is 218 Å². The van der Waals surface area contributed by atoms with Gasteiger partial charge in [0.15, 0.2) is 0 Å². The van der Waals surface area contributed by atoms with E-state index >= 15 is 0 Å². The van der Waals surface area contributed by atoms with Crippen molar-refractivity contribution in [2.24, 2.45) is 41.2 Å². The number of para-hydroxylation sites is 2. The summed E-state index contributed by atoms with van der Waals surface area (Å²) in [7, 11) is 10.7. The van der Waals surface area contributed by atoms with E-state index in [1.54, 1.807) is 12.1 Å². The highest BCUT2D eigenvalue weighted by atomic mass is 15.0. The molecule has 15 aromatic rings. The first kappa shape index (κ1) is 73.2. The molecular weight excluding hydrogens is 1300 g/mol. The lowest BCUT2D eigenvalue weighted by molar-refractivity contribution is -0.633. The zero-order chi connectivity index (χ0) is 79.6. The molecule has 0 spiro atoms. The van der Waals surface area contributed by atoms with Gasteiger partial charge < -0.3 is 0 Å². The number of benzene rings is 10. The Morgan fingerprint density at radius 3 is 1.00 bits per heavy atom. The van der Waals surface area contributed by atoms with Gasteiger partial charge in [0.25, 0.3) is 0 Å². The van der Waals surface area contributed by atoms with Crippen molar-refractivity contribution in [3.8, 4) is 56.3 Å². The average Bonchev–Trinajstić information content (AvgIpc) is 0.774. The summed E-state index contributed by atoms with van der Waals surface area (Å²) in [4.78, 5) is 0. The van der Waals surface area contributed by atoms with Crippen LogP contribution < -0.4 is 22.8 Å². The van der Waals surface area contributed by atoms with Crippen molar-refractivity contribution in [3.05, 3.63) is 324 Å². The lowest BCUT2D eigenvalue weighted by Crippen LogP contribution is -2.32. The molecule has 107 heavy (non-hydrogen) atoms. The molecule has 5 aromatic heterocycles. The van der Waals surface area contributed by atoms with Crippen LogP contribution in [-0.2, 0) is 41.7 Å². The summed E-state index contributed by atoms with van der Waals surface area (Å²) in [6, 6.07) is 78.0. The smallest absolute Gasteiger partial charge is 0.194 e. The van der Waals surface area contributed by atoms with E-state index in [0.717, 1.165) is 28.8 Å². The second-order valence-electron chi connectivity index (χ2n) is 30.9. The Hall–Kier alpha value is -10.8. The molecule has 5 heterocycles. The molecule has 0 amide bonds. The van der Waals surface area contributed by atoms with Crippen LogP contribution in [0.1, 0.15) is 124 Å². The molecule has 0 bridgehead atoms. The number of hydrogen-bond acceptors (Lipinski definition) is 0. The number of aryl methyl sites for hydroxylation is 19. The lowest BCUT2D eigenvalue weighted by Gasteiger charge is -2.12. The van der Waals surface area contributed by atoms with Crippen LogP contribution in [0.3, 0.4) is 0 Å². The third-order valence-corrected chi connectivity index (χ3v) is 22.4. The third kappa shape index (κ3) is 16.3. The normalized spacial score (nSPS) is 11.7. The maximum Gasteiger partial charge on any atom is 0.213 e. The quantitative estimate of drug-likeness (QED) is 0.142. The summed E-state index contributed by atoms with van der Waals surface area (Å²) in [6.45, 7) is 39.6. The molecule has 0 fully saturated rings. The van der Waals surface area contributed by atoms with Crippen LogP contribution in [0.4, 0.5) is 0 Å². The van der Waals surface area contributed by atoms with Gasteiger partial charge in [0, 0.05) is 109 Å². The Kier molecular flexibility index (Phi) is 22.3. The molecule has 5 nitrogen and oxygen atoms in total. The minimum atomic E-state index is -2.06. The summed E-state index contributed by atoms with van der Waals surface area (Å²) >= 11 is 0. The van der Waals surface area contributed by atoms with Crippen LogP contribution in [0, 0.1) is 130 Å². The van der Waals surface area contributed by atoms with E-state index in [1.807, 2.05) is 32.2 Å². The first-order valence-corrected chi connectivity index (χ1v) is 38.0. The fourth-order valence-electron chi connectivity index (χ4n) is 16.2. The van der Waals surface area contributed by atoms with E-state index in [2.05, 4.69) is 364 Å². The van der Waals surface area contributed by atoms with E-state index < -0.39 is 6.85 Å². The number of fused-ring (bicyclic) bond motifs is 5. The standard InChI is InChI=1S/C23H28N.2C21H24N.C19H20N.C18H18N/c1-15(2)12-19-8-7-9-22-20(19)10-11-23(24(22)6)21-14-16(3)13-17(4)18(21)5;2*1-13-10-15(3)17(5)18(11-13)20-12-16(4)21-14(2)8-7-9-19(21)22(20)6;1-13-11-14(2)15(3)17(12-13)19-10-9-16-7-5-6-8-18(16)20(19)4;1-13-8-10-16(14(2)12-13)18-11-9-15-6-4-5-7-17(15)19(18)3/h7-11,13-15H,12H2,1-6H3;2*7-12H,1-6H3;5-12H,1-4H3;4-12H,1-3H3/q5*+1/i;;;;1D3. The van der Waals surface area contributed by atoms with Gasteiger partial charge in [-0.25, -0.2) is 0 Å². The topological polar surface area (TPSA) is 19.4 Å². The van der Waals surface area contributed by atoms with E-state index in [0.29, 0.717) is 11.5 Å². The van der Waals surface area contributed by atoms with E-state index in [9.17, 15) is 0 Å². The Morgan fingerprint density at radius 2 is 0.598 bits per heavy atom. The third-order valence-electron chi connectivity index (χ3n) is 22.4. The Bertz CT molecular complexity index is 5900. The van der Waals surface area contributed by atoms with Gasteiger partial charge in [0.1, 0.15) is 35.2 Å². The van der Waals surface area contributed by atoms with E-state index in [4.69, 9.17) is 4.11 Å². The SMILES string of the molecule is Cc1cc(C)c(C)c(-c2cc(C)c3c(C)cccc3[n+]2C)c1.Cc1cc(C)c(C)c(-c2cc(C)c3c(C)cccc3[n+]2C)c1.Cc1cc(C)c(C)c(-c2ccc3c(CC(C)C)cccc3[n+]2C)c1.Cc1cc(C)c(C)c(-c2ccc3ccccc3[n+]2C)c1.[2H]C([2H])([2H])c1ccc(-c2ccc3ccccc3[n+]2C)c(C)c1. The highest BCUT2D eigenvalue weighted by Crippen LogP contribution is 2.34. The van der Waals surface area contributed by atoms with Crippen LogP contribution in [0.5, 0.6) is 0 Å². The molecule has 0 unspecified atom stereocenters. The molecule has 10 aromatic carbocycles. The molecule has 0 aliphatic carbocycles. The molecule has 15 rings (SSSR count). The van der Waals surface area contributed by atoms with Gasteiger partial charge in [-0.1, -0.05) is 139 Å². The lowest BCUT2D eigenvalue weighted by atomic mass is 9.95. The molecule has 0 N–H and O–H groups in total. The second-order valence-corrected chi connectivity index (χ2v) is 30.9. The predicted octanol–water partition coefficient (Wildman–Crippen LogP) is 23.4. The summed E-state index contributed by atoms with van der Waals surface area (Å²) in [5.74, 6) is 0.669. The number of aromatic nitrogens is 5. The van der Waals surface area contributed by atoms with Crippen molar-refractivity contribution in [2.45, 2.75) is 145 Å². The monoisotopic (exact) mass is 1410 g/mol. The molecule has 0 aliphatic rings. The highest BCUT2D eigenvalue weighted by molar-refractivity contribution is 5.87. The predicted molar refractivity (Wildman–Crippen MR) is 457 cm³/mol. The summed E-state index contributed by atoms with van der Waals surface area (Å²) in [6.07, 6.45) is 1.12. The summed E-state index contributed by atoms with van der Waals surface area (Å²) in [5.41, 5.74) is 43.3. The maximum atomic E-state index is 7.52. The Morgan fingerprint density at radius 1 is 0.262 bits per heavy atom. The molecule has 5 heteroatoms. The minimum absolute atomic E-state index is 0.386. The van der Waals surface area contributed by atoms with Gasteiger partial charge in [-0.05, 0) is 275 Å². The van der Waals surface area contributed by atoms with Crippen molar-refractivity contribution in [2.75, 3.05) is 0 Å². The van der Waals surface area contributed by atoms with Crippen molar-refractivity contribution >= 4 is 54.5 Å². The van der Waals surface area contributed by atoms with Gasteiger partial charge >= 0.3 is 0 Å². The van der Waals surface area contributed by atoms with Gasteiger partial charge in [-0.3, -0.25) is 0 Å². The maximum absolute atomic E-state index is 7.52. The molecule has 542 valence electrons. The highest BCUT2D eigenvalue weighted by Gasteiger charge is 2.25. The largest absolute Gasteiger partial charge is 0.213 e. The molecule has 0 aliphatic heterocycles. The van der Waals surface area contributed by atoms with Crippen molar-refractivity contribution in [1.29, 1.82) is 0 Å². The van der Waals surface area contributed by atoms with Crippen molar-refractivity contribution < 1.29 is 26.9 Å². The van der Waals surface area contributed by atoms with Gasteiger partial charge in [0.05, 0.1) is 10.8 Å². The Balaban J connectivity index is 0.000000136. The summed E-state index contributed by atoms with van der Waals surface area (Å²) < 4.78 is 34.0. The molecule has 0 radical (unpaired) electrons. The second kappa shape index (κ2) is 32.5. The fourth-order valence-corrected chi connectivity index (χ4v) is 16.2. The molecule has 0 saturated carbocycles.